The molecule has 1 aliphatic heterocycles. The fraction of sp³-hybridized carbons (Fsp3) is 0.400. The zero-order valence-corrected chi connectivity index (χ0v) is 10.7. The highest BCUT2D eigenvalue weighted by Gasteiger charge is 2.25. The topological polar surface area (TPSA) is 40.6 Å². The molecular formula is C10H13ClN2O2S. The van der Waals surface area contributed by atoms with Crippen LogP contribution in [0.4, 0.5) is 11.4 Å². The van der Waals surface area contributed by atoms with Gasteiger partial charge >= 0.3 is 0 Å². The Labute approximate surface area is 99.8 Å². The number of fused-ring (bicyclic) bond motifs is 1. The van der Waals surface area contributed by atoms with Gasteiger partial charge in [0.1, 0.15) is 4.90 Å². The summed E-state index contributed by atoms with van der Waals surface area (Å²) in [5, 5.41) is 0. The molecule has 0 spiro atoms. The van der Waals surface area contributed by atoms with Crippen LogP contribution in [0.15, 0.2) is 23.1 Å². The van der Waals surface area contributed by atoms with E-state index in [1.165, 1.54) is 6.07 Å². The number of likely N-dealkylation sites (N-methyl/N-ethyl adjacent to an activating group) is 2. The maximum absolute atomic E-state index is 11.5. The second-order valence-electron chi connectivity index (χ2n) is 3.90. The SMILES string of the molecule is CN1CCN(C)c2c1cccc2S(=O)(=O)Cl. The van der Waals surface area contributed by atoms with Crippen LogP contribution in [0.3, 0.4) is 0 Å². The lowest BCUT2D eigenvalue weighted by Gasteiger charge is -2.35. The van der Waals surface area contributed by atoms with Crippen LogP contribution in [-0.2, 0) is 9.05 Å². The van der Waals surface area contributed by atoms with E-state index in [4.69, 9.17) is 10.7 Å². The van der Waals surface area contributed by atoms with E-state index in [9.17, 15) is 8.42 Å². The van der Waals surface area contributed by atoms with Crippen molar-refractivity contribution in [2.45, 2.75) is 4.90 Å². The van der Waals surface area contributed by atoms with E-state index in [0.717, 1.165) is 18.8 Å². The van der Waals surface area contributed by atoms with Crippen LogP contribution in [0.2, 0.25) is 0 Å². The Kier molecular flexibility index (Phi) is 2.75. The molecule has 88 valence electrons. The monoisotopic (exact) mass is 260 g/mol. The van der Waals surface area contributed by atoms with Gasteiger partial charge in [0.25, 0.3) is 9.05 Å². The average molecular weight is 261 g/mol. The molecular weight excluding hydrogens is 248 g/mol. The summed E-state index contributed by atoms with van der Waals surface area (Å²) in [4.78, 5) is 4.13. The van der Waals surface area contributed by atoms with Gasteiger partial charge in [0.05, 0.1) is 11.4 Å². The summed E-state index contributed by atoms with van der Waals surface area (Å²) < 4.78 is 23.0. The number of anilines is 2. The second-order valence-corrected chi connectivity index (χ2v) is 6.44. The highest BCUT2D eigenvalue weighted by atomic mass is 35.7. The van der Waals surface area contributed by atoms with E-state index in [1.54, 1.807) is 6.07 Å². The average Bonchev–Trinajstić information content (AvgIpc) is 2.22. The number of para-hydroxylation sites is 1. The Morgan fingerprint density at radius 1 is 1.19 bits per heavy atom. The van der Waals surface area contributed by atoms with Crippen LogP contribution in [0.1, 0.15) is 0 Å². The minimum Gasteiger partial charge on any atom is -0.371 e. The van der Waals surface area contributed by atoms with E-state index < -0.39 is 9.05 Å². The predicted molar refractivity (Wildman–Crippen MR) is 66.0 cm³/mol. The Morgan fingerprint density at radius 2 is 1.81 bits per heavy atom. The number of nitrogens with zero attached hydrogens (tertiary/aromatic N) is 2. The fourth-order valence-electron chi connectivity index (χ4n) is 1.93. The van der Waals surface area contributed by atoms with E-state index in [-0.39, 0.29) is 4.90 Å². The summed E-state index contributed by atoms with van der Waals surface area (Å²) in [7, 11) is 5.55. The van der Waals surface area contributed by atoms with Gasteiger partial charge in [-0.15, -0.1) is 0 Å². The standard InChI is InChI=1S/C10H13ClN2O2S/c1-12-6-7-13(2)10-8(12)4-3-5-9(10)16(11,14)15/h3-5H,6-7H2,1-2H3. The van der Waals surface area contributed by atoms with Crippen LogP contribution < -0.4 is 9.80 Å². The first-order valence-electron chi connectivity index (χ1n) is 4.91. The molecule has 0 fully saturated rings. The van der Waals surface area contributed by atoms with Gasteiger partial charge in [0, 0.05) is 37.9 Å². The molecule has 2 rings (SSSR count). The van der Waals surface area contributed by atoms with Crippen molar-refractivity contribution < 1.29 is 8.42 Å². The van der Waals surface area contributed by atoms with Gasteiger partial charge in [0.2, 0.25) is 0 Å². The summed E-state index contributed by atoms with van der Waals surface area (Å²) in [6.45, 7) is 1.65. The van der Waals surface area contributed by atoms with Gasteiger partial charge in [0.15, 0.2) is 0 Å². The number of halogens is 1. The first-order valence-corrected chi connectivity index (χ1v) is 7.22. The molecule has 1 aliphatic rings. The molecule has 6 heteroatoms. The number of benzene rings is 1. The molecule has 0 N–H and O–H groups in total. The van der Waals surface area contributed by atoms with Crippen molar-refractivity contribution in [2.75, 3.05) is 37.0 Å². The Hall–Kier alpha value is -0.940. The molecule has 0 aliphatic carbocycles. The minimum atomic E-state index is -3.70. The molecule has 0 radical (unpaired) electrons. The largest absolute Gasteiger partial charge is 0.371 e. The van der Waals surface area contributed by atoms with Crippen LogP contribution >= 0.6 is 10.7 Å². The summed E-state index contributed by atoms with van der Waals surface area (Å²) in [5.74, 6) is 0. The van der Waals surface area contributed by atoms with E-state index in [0.29, 0.717) is 5.69 Å². The minimum absolute atomic E-state index is 0.181. The van der Waals surface area contributed by atoms with Gasteiger partial charge in [-0.25, -0.2) is 8.42 Å². The zero-order chi connectivity index (χ0) is 11.9. The van der Waals surface area contributed by atoms with Gasteiger partial charge in [-0.3, -0.25) is 0 Å². The molecule has 0 saturated carbocycles. The smallest absolute Gasteiger partial charge is 0.263 e. The van der Waals surface area contributed by atoms with E-state index >= 15 is 0 Å². The summed E-state index contributed by atoms with van der Waals surface area (Å²) in [5.41, 5.74) is 1.58. The summed E-state index contributed by atoms with van der Waals surface area (Å²) in [6.07, 6.45) is 0. The Bertz CT molecular complexity index is 516. The molecule has 0 amide bonds. The van der Waals surface area contributed by atoms with Crippen LogP contribution in [0.5, 0.6) is 0 Å². The lowest BCUT2D eigenvalue weighted by atomic mass is 10.2. The molecule has 1 heterocycles. The molecule has 16 heavy (non-hydrogen) atoms. The van der Waals surface area contributed by atoms with Crippen molar-refractivity contribution in [3.05, 3.63) is 18.2 Å². The highest BCUT2D eigenvalue weighted by Crippen LogP contribution is 2.38. The van der Waals surface area contributed by atoms with Crippen LogP contribution in [0.25, 0.3) is 0 Å². The molecule has 1 aromatic carbocycles. The summed E-state index contributed by atoms with van der Waals surface area (Å²) >= 11 is 0. The highest BCUT2D eigenvalue weighted by molar-refractivity contribution is 8.13. The van der Waals surface area contributed by atoms with Gasteiger partial charge in [-0.1, -0.05) is 6.07 Å². The number of rotatable bonds is 1. The third kappa shape index (κ3) is 1.85. The van der Waals surface area contributed by atoms with Crippen molar-refractivity contribution in [3.63, 3.8) is 0 Å². The molecule has 0 aromatic heterocycles. The zero-order valence-electron chi connectivity index (χ0n) is 9.14. The van der Waals surface area contributed by atoms with Crippen LogP contribution in [0, 0.1) is 0 Å². The maximum Gasteiger partial charge on any atom is 0.263 e. The molecule has 0 saturated heterocycles. The van der Waals surface area contributed by atoms with Crippen molar-refractivity contribution in [1.29, 1.82) is 0 Å². The number of hydrogen-bond acceptors (Lipinski definition) is 4. The first-order chi connectivity index (χ1) is 7.41. The van der Waals surface area contributed by atoms with Crippen molar-refractivity contribution in [1.82, 2.24) is 0 Å². The Morgan fingerprint density at radius 3 is 2.44 bits per heavy atom. The van der Waals surface area contributed by atoms with Gasteiger partial charge < -0.3 is 9.80 Å². The second kappa shape index (κ2) is 3.82. The van der Waals surface area contributed by atoms with Crippen molar-refractivity contribution in [2.24, 2.45) is 0 Å². The fourth-order valence-corrected chi connectivity index (χ4v) is 3.04. The summed E-state index contributed by atoms with van der Waals surface area (Å²) in [6, 6.07) is 5.15. The normalized spacial score (nSPS) is 16.2. The van der Waals surface area contributed by atoms with Crippen molar-refractivity contribution in [3.8, 4) is 0 Å². The van der Waals surface area contributed by atoms with E-state index in [2.05, 4.69) is 0 Å². The molecule has 0 atom stereocenters. The Balaban J connectivity index is 2.71. The lowest BCUT2D eigenvalue weighted by Crippen LogP contribution is -2.37. The van der Waals surface area contributed by atoms with Gasteiger partial charge in [-0.05, 0) is 12.1 Å². The predicted octanol–water partition coefficient (Wildman–Crippen LogP) is 1.50. The molecule has 1 aromatic rings. The third-order valence-electron chi connectivity index (χ3n) is 2.80. The van der Waals surface area contributed by atoms with Crippen LogP contribution in [-0.4, -0.2) is 35.6 Å². The maximum atomic E-state index is 11.5. The number of hydrogen-bond donors (Lipinski definition) is 0. The quantitative estimate of drug-likeness (QED) is 0.718. The first kappa shape index (κ1) is 11.5. The lowest BCUT2D eigenvalue weighted by molar-refractivity contribution is 0.609. The van der Waals surface area contributed by atoms with Crippen molar-refractivity contribution >= 4 is 31.1 Å². The van der Waals surface area contributed by atoms with Gasteiger partial charge in [-0.2, -0.15) is 0 Å². The molecule has 0 bridgehead atoms. The molecule has 4 nitrogen and oxygen atoms in total. The third-order valence-corrected chi connectivity index (χ3v) is 4.16. The van der Waals surface area contributed by atoms with E-state index in [1.807, 2.05) is 30.0 Å². The molecule has 0 unspecified atom stereocenters.